The van der Waals surface area contributed by atoms with E-state index in [1.807, 2.05) is 20.8 Å². The van der Waals surface area contributed by atoms with Crippen molar-refractivity contribution in [2.75, 3.05) is 32.8 Å². The van der Waals surface area contributed by atoms with Gasteiger partial charge < -0.3 is 10.1 Å². The molecule has 1 rings (SSSR count). The van der Waals surface area contributed by atoms with Crippen molar-refractivity contribution in [1.29, 1.82) is 0 Å². The van der Waals surface area contributed by atoms with Crippen LogP contribution in [-0.4, -0.2) is 55.6 Å². The standard InChI is InChI=1S/C15H28F2N2O2/c1-4-21-9-5-6-13-7-8-19(11-15(13,16)17)10-14(20)18-12(2)3/h12-13H,4-11H2,1-3H3,(H,18,20)/t13-/m1/s1. The van der Waals surface area contributed by atoms with E-state index in [0.29, 0.717) is 39.0 Å². The Morgan fingerprint density at radius 2 is 2.19 bits per heavy atom. The summed E-state index contributed by atoms with van der Waals surface area (Å²) in [7, 11) is 0. The average Bonchev–Trinajstić information content (AvgIpc) is 2.34. The number of nitrogens with zero attached hydrogens (tertiary/aromatic N) is 1. The van der Waals surface area contributed by atoms with Gasteiger partial charge >= 0.3 is 0 Å². The first kappa shape index (κ1) is 18.3. The van der Waals surface area contributed by atoms with Gasteiger partial charge in [0, 0.05) is 25.2 Å². The minimum atomic E-state index is -2.72. The van der Waals surface area contributed by atoms with Crippen LogP contribution in [0.2, 0.25) is 0 Å². The first-order valence-electron chi connectivity index (χ1n) is 7.82. The van der Waals surface area contributed by atoms with Gasteiger partial charge in [0.05, 0.1) is 13.1 Å². The lowest BCUT2D eigenvalue weighted by Crippen LogP contribution is -2.51. The van der Waals surface area contributed by atoms with Crippen molar-refractivity contribution in [2.24, 2.45) is 5.92 Å². The minimum Gasteiger partial charge on any atom is -0.382 e. The van der Waals surface area contributed by atoms with E-state index < -0.39 is 11.8 Å². The Balaban J connectivity index is 2.37. The molecule has 1 saturated heterocycles. The molecule has 124 valence electrons. The number of halogens is 2. The highest BCUT2D eigenvalue weighted by Crippen LogP contribution is 2.35. The number of alkyl halides is 2. The first-order chi connectivity index (χ1) is 9.85. The molecule has 1 aliphatic heterocycles. The Labute approximate surface area is 126 Å². The van der Waals surface area contributed by atoms with Crippen LogP contribution in [0.4, 0.5) is 8.78 Å². The summed E-state index contributed by atoms with van der Waals surface area (Å²) in [6.45, 7) is 7.07. The van der Waals surface area contributed by atoms with Crippen molar-refractivity contribution >= 4 is 5.91 Å². The third-order valence-electron chi connectivity index (χ3n) is 3.69. The van der Waals surface area contributed by atoms with Crippen molar-refractivity contribution in [3.05, 3.63) is 0 Å². The summed E-state index contributed by atoms with van der Waals surface area (Å²) in [6, 6.07) is 0.0362. The van der Waals surface area contributed by atoms with E-state index in [1.165, 1.54) is 0 Å². The topological polar surface area (TPSA) is 41.6 Å². The molecule has 0 saturated carbocycles. The third kappa shape index (κ3) is 6.70. The van der Waals surface area contributed by atoms with Crippen LogP contribution >= 0.6 is 0 Å². The molecule has 0 unspecified atom stereocenters. The Bertz CT molecular complexity index is 325. The summed E-state index contributed by atoms with van der Waals surface area (Å²) in [5.74, 6) is -3.50. The summed E-state index contributed by atoms with van der Waals surface area (Å²) in [5, 5.41) is 2.73. The number of hydrogen-bond donors (Lipinski definition) is 1. The largest absolute Gasteiger partial charge is 0.382 e. The maximum Gasteiger partial charge on any atom is 0.263 e. The molecule has 0 aromatic rings. The van der Waals surface area contributed by atoms with Crippen molar-refractivity contribution < 1.29 is 18.3 Å². The highest BCUT2D eigenvalue weighted by molar-refractivity contribution is 5.78. The lowest BCUT2D eigenvalue weighted by molar-refractivity contribution is -0.132. The number of amides is 1. The molecule has 0 radical (unpaired) electrons. The predicted molar refractivity (Wildman–Crippen MR) is 78.5 cm³/mol. The maximum atomic E-state index is 14.1. The highest BCUT2D eigenvalue weighted by Gasteiger charge is 2.44. The molecule has 0 aromatic heterocycles. The fraction of sp³-hybridized carbons (Fsp3) is 0.933. The van der Waals surface area contributed by atoms with Crippen molar-refractivity contribution in [3.8, 4) is 0 Å². The number of carbonyl (C=O) groups excluding carboxylic acids is 1. The molecule has 4 nitrogen and oxygen atoms in total. The predicted octanol–water partition coefficient (Wildman–Crippen LogP) is 2.28. The maximum absolute atomic E-state index is 14.1. The van der Waals surface area contributed by atoms with Gasteiger partial charge in [-0.15, -0.1) is 0 Å². The first-order valence-corrected chi connectivity index (χ1v) is 7.82. The van der Waals surface area contributed by atoms with Gasteiger partial charge in [-0.05, 0) is 46.6 Å². The van der Waals surface area contributed by atoms with E-state index in [4.69, 9.17) is 4.74 Å². The van der Waals surface area contributed by atoms with Gasteiger partial charge in [-0.3, -0.25) is 9.69 Å². The summed E-state index contributed by atoms with van der Waals surface area (Å²) < 4.78 is 33.4. The second-order valence-electron chi connectivity index (χ2n) is 6.02. The van der Waals surface area contributed by atoms with Crippen LogP contribution in [0, 0.1) is 5.92 Å². The Morgan fingerprint density at radius 1 is 1.48 bits per heavy atom. The minimum absolute atomic E-state index is 0.0362. The molecule has 1 fully saturated rings. The molecular weight excluding hydrogens is 278 g/mol. The van der Waals surface area contributed by atoms with E-state index in [1.54, 1.807) is 4.90 Å². The highest BCUT2D eigenvalue weighted by atomic mass is 19.3. The Kier molecular flexibility index (Phi) is 7.52. The number of piperidine rings is 1. The van der Waals surface area contributed by atoms with Crippen LogP contribution in [0.3, 0.4) is 0 Å². The van der Waals surface area contributed by atoms with E-state index in [2.05, 4.69) is 5.32 Å². The van der Waals surface area contributed by atoms with Crippen molar-refractivity contribution in [3.63, 3.8) is 0 Å². The number of nitrogens with one attached hydrogen (secondary N) is 1. The fourth-order valence-electron chi connectivity index (χ4n) is 2.69. The second kappa shape index (κ2) is 8.63. The van der Waals surface area contributed by atoms with Gasteiger partial charge in [-0.25, -0.2) is 8.78 Å². The number of carbonyl (C=O) groups is 1. The van der Waals surface area contributed by atoms with Gasteiger partial charge in [0.25, 0.3) is 5.92 Å². The zero-order valence-electron chi connectivity index (χ0n) is 13.3. The monoisotopic (exact) mass is 306 g/mol. The Morgan fingerprint density at radius 3 is 2.76 bits per heavy atom. The van der Waals surface area contributed by atoms with Gasteiger partial charge in [-0.1, -0.05) is 0 Å². The van der Waals surface area contributed by atoms with Crippen LogP contribution in [0.5, 0.6) is 0 Å². The molecule has 0 bridgehead atoms. The average molecular weight is 306 g/mol. The van der Waals surface area contributed by atoms with Crippen LogP contribution < -0.4 is 5.32 Å². The Hall–Kier alpha value is -0.750. The van der Waals surface area contributed by atoms with E-state index in [0.717, 1.165) is 0 Å². The van der Waals surface area contributed by atoms with E-state index in [-0.39, 0.29) is 25.0 Å². The van der Waals surface area contributed by atoms with Crippen molar-refractivity contribution in [1.82, 2.24) is 10.2 Å². The van der Waals surface area contributed by atoms with Crippen LogP contribution in [0.25, 0.3) is 0 Å². The van der Waals surface area contributed by atoms with Gasteiger partial charge in [0.2, 0.25) is 5.91 Å². The molecular formula is C15H28F2N2O2. The number of rotatable bonds is 8. The molecule has 1 amide bonds. The molecule has 1 N–H and O–H groups in total. The quantitative estimate of drug-likeness (QED) is 0.700. The van der Waals surface area contributed by atoms with Gasteiger partial charge in [0.1, 0.15) is 0 Å². The van der Waals surface area contributed by atoms with Gasteiger partial charge in [-0.2, -0.15) is 0 Å². The van der Waals surface area contributed by atoms with Crippen LogP contribution in [0.15, 0.2) is 0 Å². The number of ether oxygens (including phenoxy) is 1. The van der Waals surface area contributed by atoms with E-state index >= 15 is 0 Å². The summed E-state index contributed by atoms with van der Waals surface area (Å²) in [6.07, 6.45) is 1.59. The SMILES string of the molecule is CCOCCC[C@@H]1CCN(CC(=O)NC(C)C)CC1(F)F. The fourth-order valence-corrected chi connectivity index (χ4v) is 2.69. The molecule has 21 heavy (non-hydrogen) atoms. The summed E-state index contributed by atoms with van der Waals surface area (Å²) in [4.78, 5) is 13.2. The summed E-state index contributed by atoms with van der Waals surface area (Å²) in [5.41, 5.74) is 0. The zero-order chi connectivity index (χ0) is 15.9. The van der Waals surface area contributed by atoms with Crippen molar-refractivity contribution in [2.45, 2.75) is 52.0 Å². The summed E-state index contributed by atoms with van der Waals surface area (Å²) >= 11 is 0. The molecule has 6 heteroatoms. The van der Waals surface area contributed by atoms with Gasteiger partial charge in [0.15, 0.2) is 0 Å². The smallest absolute Gasteiger partial charge is 0.263 e. The third-order valence-corrected chi connectivity index (χ3v) is 3.69. The zero-order valence-corrected chi connectivity index (χ0v) is 13.3. The van der Waals surface area contributed by atoms with Crippen LogP contribution in [-0.2, 0) is 9.53 Å². The molecule has 0 spiro atoms. The van der Waals surface area contributed by atoms with Crippen LogP contribution in [0.1, 0.15) is 40.0 Å². The number of hydrogen-bond acceptors (Lipinski definition) is 3. The second-order valence-corrected chi connectivity index (χ2v) is 6.02. The molecule has 0 aliphatic carbocycles. The number of likely N-dealkylation sites (tertiary alicyclic amines) is 1. The lowest BCUT2D eigenvalue weighted by Gasteiger charge is -2.38. The molecule has 1 aliphatic rings. The molecule has 1 atom stereocenters. The normalized spacial score (nSPS) is 22.5. The molecule has 0 aromatic carbocycles. The van der Waals surface area contributed by atoms with E-state index in [9.17, 15) is 13.6 Å². The molecule has 1 heterocycles. The lowest BCUT2D eigenvalue weighted by atomic mass is 9.88.